The first-order chi connectivity index (χ1) is 10.0. The van der Waals surface area contributed by atoms with E-state index in [9.17, 15) is 0 Å². The lowest BCUT2D eigenvalue weighted by Gasteiger charge is -2.30. The average Bonchev–Trinajstić information content (AvgIpc) is 2.48. The van der Waals surface area contributed by atoms with Crippen LogP contribution in [0, 0.1) is 0 Å². The smallest absolute Gasteiger partial charge is 0.113 e. The summed E-state index contributed by atoms with van der Waals surface area (Å²) in [6.07, 6.45) is 5.64. The van der Waals surface area contributed by atoms with Crippen molar-refractivity contribution in [3.05, 3.63) is 47.2 Å². The summed E-state index contributed by atoms with van der Waals surface area (Å²) in [5, 5.41) is 3.67. The first kappa shape index (κ1) is 16.1. The molecule has 2 rings (SSSR count). The van der Waals surface area contributed by atoms with Crippen LogP contribution >= 0.6 is 0 Å². The second kappa shape index (κ2) is 7.13. The lowest BCUT2D eigenvalue weighted by atomic mass is 9.81. The Hall–Kier alpha value is -1.28. The van der Waals surface area contributed by atoms with Gasteiger partial charge in [-0.1, -0.05) is 52.0 Å². The fourth-order valence-corrected chi connectivity index (χ4v) is 2.86. The van der Waals surface area contributed by atoms with E-state index in [4.69, 9.17) is 4.74 Å². The first-order valence-corrected chi connectivity index (χ1v) is 8.19. The van der Waals surface area contributed by atoms with Crippen LogP contribution in [0.3, 0.4) is 0 Å². The zero-order valence-corrected chi connectivity index (χ0v) is 13.9. The van der Waals surface area contributed by atoms with Crippen LogP contribution in [0.1, 0.15) is 64.1 Å². The van der Waals surface area contributed by atoms with Crippen LogP contribution in [0.15, 0.2) is 36.1 Å². The van der Waals surface area contributed by atoms with E-state index in [1.54, 1.807) is 0 Å². The zero-order valence-electron chi connectivity index (χ0n) is 13.9. The number of hydrogen-bond donors (Lipinski definition) is 1. The number of rotatable bonds is 5. The first-order valence-electron chi connectivity index (χ1n) is 8.19. The molecule has 1 aliphatic heterocycles. The predicted octanol–water partition coefficient (Wildman–Crippen LogP) is 4.72. The van der Waals surface area contributed by atoms with Crippen molar-refractivity contribution in [1.82, 2.24) is 5.32 Å². The van der Waals surface area contributed by atoms with Crippen molar-refractivity contribution in [2.24, 2.45) is 0 Å². The van der Waals surface area contributed by atoms with E-state index in [1.807, 2.05) is 0 Å². The van der Waals surface area contributed by atoms with Crippen LogP contribution in [0.5, 0.6) is 0 Å². The Kier molecular flexibility index (Phi) is 5.46. The predicted molar refractivity (Wildman–Crippen MR) is 89.4 cm³/mol. The van der Waals surface area contributed by atoms with Gasteiger partial charge in [0.25, 0.3) is 0 Å². The summed E-state index contributed by atoms with van der Waals surface area (Å²) in [6.45, 7) is 10.9. The third-order valence-corrected chi connectivity index (χ3v) is 3.93. The van der Waals surface area contributed by atoms with Gasteiger partial charge in [-0.25, -0.2) is 0 Å². The molecular weight excluding hydrogens is 258 g/mol. The minimum absolute atomic E-state index is 0.137. The van der Waals surface area contributed by atoms with E-state index < -0.39 is 0 Å². The highest BCUT2D eigenvalue weighted by Gasteiger charge is 2.26. The highest BCUT2D eigenvalue weighted by atomic mass is 16.5. The summed E-state index contributed by atoms with van der Waals surface area (Å²) in [7, 11) is 0. The second-order valence-electron chi connectivity index (χ2n) is 6.82. The third-order valence-electron chi connectivity index (χ3n) is 3.93. The summed E-state index contributed by atoms with van der Waals surface area (Å²) in [4.78, 5) is 0. The van der Waals surface area contributed by atoms with Crippen molar-refractivity contribution in [1.29, 1.82) is 0 Å². The largest absolute Gasteiger partial charge is 0.496 e. The molecule has 0 aromatic heterocycles. The SMILES string of the molecule is CCCNC(C1=CCCCO1)c1ccccc1C(C)(C)C. The second-order valence-corrected chi connectivity index (χ2v) is 6.82. The van der Waals surface area contributed by atoms with Crippen LogP contribution in [-0.4, -0.2) is 13.2 Å². The maximum atomic E-state index is 5.96. The van der Waals surface area contributed by atoms with Gasteiger partial charge in [0.15, 0.2) is 0 Å². The van der Waals surface area contributed by atoms with Crippen molar-refractivity contribution in [2.45, 2.75) is 58.4 Å². The topological polar surface area (TPSA) is 21.3 Å². The molecule has 1 aromatic rings. The molecule has 0 spiro atoms. The monoisotopic (exact) mass is 287 g/mol. The molecule has 1 N–H and O–H groups in total. The molecular formula is C19H29NO. The molecule has 1 aromatic carbocycles. The molecule has 2 nitrogen and oxygen atoms in total. The fraction of sp³-hybridized carbons (Fsp3) is 0.579. The van der Waals surface area contributed by atoms with E-state index in [0.717, 1.165) is 38.2 Å². The van der Waals surface area contributed by atoms with Gasteiger partial charge in [-0.15, -0.1) is 0 Å². The summed E-state index contributed by atoms with van der Waals surface area (Å²) in [6, 6.07) is 8.94. The molecule has 2 heteroatoms. The van der Waals surface area contributed by atoms with Crippen LogP contribution in [0.2, 0.25) is 0 Å². The summed E-state index contributed by atoms with van der Waals surface area (Å²) in [5.74, 6) is 1.10. The summed E-state index contributed by atoms with van der Waals surface area (Å²) < 4.78 is 5.96. The minimum atomic E-state index is 0.137. The van der Waals surface area contributed by atoms with Crippen LogP contribution in [-0.2, 0) is 10.2 Å². The van der Waals surface area contributed by atoms with E-state index in [2.05, 4.69) is 63.4 Å². The number of allylic oxidation sites excluding steroid dienone is 1. The quantitative estimate of drug-likeness (QED) is 0.846. The maximum Gasteiger partial charge on any atom is 0.113 e. The Morgan fingerprint density at radius 3 is 2.62 bits per heavy atom. The molecule has 0 saturated heterocycles. The van der Waals surface area contributed by atoms with Gasteiger partial charge < -0.3 is 10.1 Å². The van der Waals surface area contributed by atoms with Crippen molar-refractivity contribution in [3.8, 4) is 0 Å². The van der Waals surface area contributed by atoms with Crippen molar-refractivity contribution < 1.29 is 4.74 Å². The molecule has 21 heavy (non-hydrogen) atoms. The lowest BCUT2D eigenvalue weighted by Crippen LogP contribution is -2.29. The maximum absolute atomic E-state index is 5.96. The van der Waals surface area contributed by atoms with Gasteiger partial charge in [0.1, 0.15) is 5.76 Å². The molecule has 1 aliphatic rings. The molecule has 1 heterocycles. The Bertz CT molecular complexity index is 485. The Morgan fingerprint density at radius 2 is 2.00 bits per heavy atom. The number of benzene rings is 1. The van der Waals surface area contributed by atoms with Crippen LogP contribution in [0.4, 0.5) is 0 Å². The van der Waals surface area contributed by atoms with E-state index in [-0.39, 0.29) is 11.5 Å². The van der Waals surface area contributed by atoms with Gasteiger partial charge in [-0.2, -0.15) is 0 Å². The standard InChI is InChI=1S/C19H29NO/c1-5-13-20-18(17-12-8-9-14-21-17)15-10-6-7-11-16(15)19(2,3)4/h6-7,10-12,18,20H,5,8-9,13-14H2,1-4H3. The van der Waals surface area contributed by atoms with Crippen molar-refractivity contribution >= 4 is 0 Å². The van der Waals surface area contributed by atoms with Gasteiger partial charge in [0.2, 0.25) is 0 Å². The number of ether oxygens (including phenoxy) is 1. The van der Waals surface area contributed by atoms with Crippen molar-refractivity contribution in [3.63, 3.8) is 0 Å². The summed E-state index contributed by atoms with van der Waals surface area (Å²) in [5.41, 5.74) is 2.89. The van der Waals surface area contributed by atoms with Gasteiger partial charge in [0, 0.05) is 0 Å². The lowest BCUT2D eigenvalue weighted by molar-refractivity contribution is 0.167. The van der Waals surface area contributed by atoms with Gasteiger partial charge in [-0.3, -0.25) is 0 Å². The molecule has 1 atom stereocenters. The molecule has 0 radical (unpaired) electrons. The van der Waals surface area contributed by atoms with Gasteiger partial charge in [0.05, 0.1) is 12.6 Å². The molecule has 0 saturated carbocycles. The molecule has 0 fully saturated rings. The van der Waals surface area contributed by atoms with E-state index >= 15 is 0 Å². The fourth-order valence-electron chi connectivity index (χ4n) is 2.86. The molecule has 0 bridgehead atoms. The normalized spacial score (nSPS) is 17.0. The van der Waals surface area contributed by atoms with Crippen LogP contribution in [0.25, 0.3) is 0 Å². The molecule has 0 amide bonds. The van der Waals surface area contributed by atoms with Crippen molar-refractivity contribution in [2.75, 3.05) is 13.2 Å². The van der Waals surface area contributed by atoms with E-state index in [0.29, 0.717) is 0 Å². The molecule has 1 unspecified atom stereocenters. The number of nitrogens with one attached hydrogen (secondary N) is 1. The highest BCUT2D eigenvalue weighted by molar-refractivity contribution is 5.38. The molecule has 116 valence electrons. The Morgan fingerprint density at radius 1 is 1.24 bits per heavy atom. The zero-order chi connectivity index (χ0) is 15.3. The van der Waals surface area contributed by atoms with Crippen LogP contribution < -0.4 is 5.32 Å². The average molecular weight is 287 g/mol. The van der Waals surface area contributed by atoms with Gasteiger partial charge in [-0.05, 0) is 48.4 Å². The highest BCUT2D eigenvalue weighted by Crippen LogP contribution is 2.34. The van der Waals surface area contributed by atoms with Gasteiger partial charge >= 0.3 is 0 Å². The minimum Gasteiger partial charge on any atom is -0.496 e. The Balaban J connectivity index is 2.39. The Labute approximate surface area is 129 Å². The molecule has 0 aliphatic carbocycles. The third kappa shape index (κ3) is 4.10. The summed E-state index contributed by atoms with van der Waals surface area (Å²) >= 11 is 0. The number of hydrogen-bond acceptors (Lipinski definition) is 2. The van der Waals surface area contributed by atoms with E-state index in [1.165, 1.54) is 11.1 Å².